The number of aromatic nitrogens is 1. The average Bonchev–Trinajstić information content (AvgIpc) is 3.46. The largest absolute Gasteiger partial charge is 0.484 e. The Kier molecular flexibility index (Phi) is 6.35. The van der Waals surface area contributed by atoms with Gasteiger partial charge in [0, 0.05) is 24.0 Å². The highest BCUT2D eigenvalue weighted by Gasteiger charge is 2.27. The summed E-state index contributed by atoms with van der Waals surface area (Å²) >= 11 is 1.30. The molecule has 1 aliphatic heterocycles. The van der Waals surface area contributed by atoms with Crippen molar-refractivity contribution in [2.45, 2.75) is 24.7 Å². The monoisotopic (exact) mass is 457 g/mol. The Bertz CT molecular complexity index is 1150. The van der Waals surface area contributed by atoms with Gasteiger partial charge in [0.2, 0.25) is 10.0 Å². The van der Waals surface area contributed by atoms with Crippen molar-refractivity contribution in [3.63, 3.8) is 0 Å². The van der Waals surface area contributed by atoms with Crippen molar-refractivity contribution >= 4 is 32.4 Å². The second kappa shape index (κ2) is 9.17. The maximum absolute atomic E-state index is 12.6. The maximum Gasteiger partial charge on any atom is 0.264 e. The Balaban J connectivity index is 1.37. The molecular weight excluding hydrogens is 434 g/mol. The highest BCUT2D eigenvalue weighted by atomic mass is 32.2. The number of hydrogen-bond donors (Lipinski definition) is 1. The van der Waals surface area contributed by atoms with Crippen LogP contribution in [0.25, 0.3) is 11.3 Å². The second-order valence-electron chi connectivity index (χ2n) is 7.32. The van der Waals surface area contributed by atoms with Gasteiger partial charge in [-0.15, -0.1) is 11.3 Å². The van der Waals surface area contributed by atoms with Crippen molar-refractivity contribution in [2.75, 3.05) is 25.0 Å². The summed E-state index contributed by atoms with van der Waals surface area (Å²) in [5.41, 5.74) is 2.58. The van der Waals surface area contributed by atoms with Crippen molar-refractivity contribution in [2.24, 2.45) is 0 Å². The molecule has 2 heterocycles. The number of rotatable bonds is 7. The number of nitrogens with one attached hydrogen (secondary N) is 1. The van der Waals surface area contributed by atoms with Crippen LogP contribution in [0, 0.1) is 6.92 Å². The minimum atomic E-state index is -3.44. The molecule has 9 heteroatoms. The van der Waals surface area contributed by atoms with Gasteiger partial charge in [-0.3, -0.25) is 10.1 Å². The van der Waals surface area contributed by atoms with E-state index in [1.54, 1.807) is 24.3 Å². The number of amides is 1. The first kappa shape index (κ1) is 21.5. The molecule has 1 aliphatic rings. The normalized spacial score (nSPS) is 14.5. The Hall–Kier alpha value is -2.75. The van der Waals surface area contributed by atoms with Crippen LogP contribution in [0.2, 0.25) is 0 Å². The van der Waals surface area contributed by atoms with E-state index >= 15 is 0 Å². The molecule has 162 valence electrons. The zero-order chi connectivity index (χ0) is 21.8. The van der Waals surface area contributed by atoms with E-state index in [-0.39, 0.29) is 17.4 Å². The van der Waals surface area contributed by atoms with E-state index in [4.69, 9.17) is 4.74 Å². The molecule has 3 aromatic rings. The van der Waals surface area contributed by atoms with Crippen molar-refractivity contribution in [3.8, 4) is 17.0 Å². The Labute approximate surface area is 185 Å². The van der Waals surface area contributed by atoms with Crippen LogP contribution in [-0.4, -0.2) is 43.3 Å². The number of nitrogens with zero attached hydrogens (tertiary/aromatic N) is 2. The molecule has 0 bridgehead atoms. The van der Waals surface area contributed by atoms with Crippen LogP contribution < -0.4 is 10.1 Å². The molecule has 0 radical (unpaired) electrons. The molecule has 1 aromatic heterocycles. The number of thiazole rings is 1. The van der Waals surface area contributed by atoms with E-state index in [9.17, 15) is 13.2 Å². The van der Waals surface area contributed by atoms with E-state index in [0.717, 1.165) is 24.0 Å². The summed E-state index contributed by atoms with van der Waals surface area (Å²) in [5, 5.41) is 5.01. The van der Waals surface area contributed by atoms with Gasteiger partial charge >= 0.3 is 0 Å². The van der Waals surface area contributed by atoms with Gasteiger partial charge < -0.3 is 4.74 Å². The lowest BCUT2D eigenvalue weighted by atomic mass is 10.2. The minimum Gasteiger partial charge on any atom is -0.484 e. The van der Waals surface area contributed by atoms with Crippen LogP contribution in [0.1, 0.15) is 18.4 Å². The van der Waals surface area contributed by atoms with Gasteiger partial charge in [0.1, 0.15) is 5.75 Å². The topological polar surface area (TPSA) is 88.6 Å². The molecule has 1 saturated heterocycles. The van der Waals surface area contributed by atoms with E-state index in [1.165, 1.54) is 15.6 Å². The second-order valence-corrected chi connectivity index (χ2v) is 10.1. The standard InChI is InChI=1S/C22H23N3O4S2/c1-16-4-8-18(9-5-16)29-14-21(26)24-22-23-20(15-30-22)17-6-10-19(11-7-17)31(27,28)25-12-2-3-13-25/h4-11,15H,2-3,12-14H2,1H3,(H,23,24,26). The van der Waals surface area contributed by atoms with Gasteiger partial charge in [-0.2, -0.15) is 4.31 Å². The van der Waals surface area contributed by atoms with Crippen LogP contribution in [0.5, 0.6) is 5.75 Å². The summed E-state index contributed by atoms with van der Waals surface area (Å²) in [5.74, 6) is 0.332. The number of ether oxygens (including phenoxy) is 1. The van der Waals surface area contributed by atoms with E-state index in [1.807, 2.05) is 36.6 Å². The summed E-state index contributed by atoms with van der Waals surface area (Å²) in [6.45, 7) is 3.03. The predicted molar refractivity (Wildman–Crippen MR) is 121 cm³/mol. The van der Waals surface area contributed by atoms with Crippen LogP contribution in [0.3, 0.4) is 0 Å². The van der Waals surface area contributed by atoms with Crippen molar-refractivity contribution < 1.29 is 17.9 Å². The first-order valence-corrected chi connectivity index (χ1v) is 12.3. The first-order chi connectivity index (χ1) is 14.9. The molecule has 2 aromatic carbocycles. The Morgan fingerprint density at radius 1 is 1.10 bits per heavy atom. The molecule has 4 rings (SSSR count). The quantitative estimate of drug-likeness (QED) is 0.581. The van der Waals surface area contributed by atoms with Crippen LogP contribution in [0.4, 0.5) is 5.13 Å². The lowest BCUT2D eigenvalue weighted by Gasteiger charge is -2.15. The third-order valence-electron chi connectivity index (χ3n) is 4.99. The molecule has 0 saturated carbocycles. The van der Waals surface area contributed by atoms with E-state index in [0.29, 0.717) is 29.7 Å². The summed E-state index contributed by atoms with van der Waals surface area (Å²) in [6.07, 6.45) is 1.81. The molecule has 31 heavy (non-hydrogen) atoms. The zero-order valence-electron chi connectivity index (χ0n) is 17.1. The number of benzene rings is 2. The number of sulfonamides is 1. The minimum absolute atomic E-state index is 0.110. The number of carbonyl (C=O) groups is 1. The van der Waals surface area contributed by atoms with Gasteiger partial charge in [0.25, 0.3) is 5.91 Å². The Morgan fingerprint density at radius 2 is 1.77 bits per heavy atom. The lowest BCUT2D eigenvalue weighted by molar-refractivity contribution is -0.118. The smallest absolute Gasteiger partial charge is 0.264 e. The average molecular weight is 458 g/mol. The lowest BCUT2D eigenvalue weighted by Crippen LogP contribution is -2.27. The molecule has 0 atom stereocenters. The molecule has 1 N–H and O–H groups in total. The zero-order valence-corrected chi connectivity index (χ0v) is 18.7. The van der Waals surface area contributed by atoms with Crippen molar-refractivity contribution in [1.82, 2.24) is 9.29 Å². The molecule has 1 amide bonds. The fourth-order valence-electron chi connectivity index (χ4n) is 3.28. The predicted octanol–water partition coefficient (Wildman–Crippen LogP) is 3.92. The molecule has 7 nitrogen and oxygen atoms in total. The summed E-state index contributed by atoms with van der Waals surface area (Å²) < 4.78 is 32.3. The van der Waals surface area contributed by atoms with Gasteiger partial charge in [-0.25, -0.2) is 13.4 Å². The third-order valence-corrected chi connectivity index (χ3v) is 7.66. The van der Waals surface area contributed by atoms with Crippen LogP contribution in [0.15, 0.2) is 58.8 Å². The molecule has 1 fully saturated rings. The van der Waals surface area contributed by atoms with Gasteiger partial charge in [0.05, 0.1) is 10.6 Å². The molecular formula is C22H23N3O4S2. The highest BCUT2D eigenvalue weighted by Crippen LogP contribution is 2.27. The molecule has 0 spiro atoms. The summed E-state index contributed by atoms with van der Waals surface area (Å²) in [7, 11) is -3.44. The molecule has 0 unspecified atom stereocenters. The van der Waals surface area contributed by atoms with Crippen LogP contribution >= 0.6 is 11.3 Å². The Morgan fingerprint density at radius 3 is 2.45 bits per heavy atom. The fourth-order valence-corrected chi connectivity index (χ4v) is 5.53. The van der Waals surface area contributed by atoms with Crippen molar-refractivity contribution in [3.05, 3.63) is 59.5 Å². The summed E-state index contributed by atoms with van der Waals surface area (Å²) in [6, 6.07) is 14.2. The number of carbonyl (C=O) groups excluding carboxylic acids is 1. The van der Waals surface area contributed by atoms with Gasteiger partial charge in [-0.1, -0.05) is 29.8 Å². The van der Waals surface area contributed by atoms with E-state index < -0.39 is 10.0 Å². The number of aryl methyl sites for hydroxylation is 1. The SMILES string of the molecule is Cc1ccc(OCC(=O)Nc2nc(-c3ccc(S(=O)(=O)N4CCCC4)cc3)cs2)cc1. The highest BCUT2D eigenvalue weighted by molar-refractivity contribution is 7.89. The van der Waals surface area contributed by atoms with E-state index in [2.05, 4.69) is 10.3 Å². The number of anilines is 1. The van der Waals surface area contributed by atoms with Gasteiger partial charge in [-0.05, 0) is 44.0 Å². The van der Waals surface area contributed by atoms with Crippen molar-refractivity contribution in [1.29, 1.82) is 0 Å². The molecule has 0 aliphatic carbocycles. The fraction of sp³-hybridized carbons (Fsp3) is 0.273. The first-order valence-electron chi connectivity index (χ1n) is 9.97. The van der Waals surface area contributed by atoms with Gasteiger partial charge in [0.15, 0.2) is 11.7 Å². The maximum atomic E-state index is 12.6. The summed E-state index contributed by atoms with van der Waals surface area (Å²) in [4.78, 5) is 16.9. The third kappa shape index (κ3) is 5.12. The van der Waals surface area contributed by atoms with Crippen LogP contribution in [-0.2, 0) is 14.8 Å². The number of hydrogen-bond acceptors (Lipinski definition) is 6.